The summed E-state index contributed by atoms with van der Waals surface area (Å²) in [6.07, 6.45) is 6.60. The standard InChI is InChI=1S/C26H27F2N3O/c1-4-19(2)18-30-25(29)13-9-7-5-6-8-11-21(22-12-10-16-31(3)26(22)32)23-17-20(27)14-15-24(23)28/h10,12-19,21H,4,9,11,29H2,1-3H3/b25-13-,30-18?. The Labute approximate surface area is 187 Å². The van der Waals surface area contributed by atoms with Crippen LogP contribution in [0.15, 0.2) is 58.2 Å². The zero-order valence-electron chi connectivity index (χ0n) is 18.5. The largest absolute Gasteiger partial charge is 0.384 e. The van der Waals surface area contributed by atoms with Crippen LogP contribution in [0, 0.1) is 41.2 Å². The van der Waals surface area contributed by atoms with Crippen LogP contribution in [0.25, 0.3) is 0 Å². The SMILES string of the molecule is CCC(C)C=N/C(N)=C\CC#CC#CCC(c1cc(F)ccc1F)c1cccn(C)c1=O. The molecule has 0 aliphatic rings. The molecule has 2 aromatic rings. The van der Waals surface area contributed by atoms with Crippen LogP contribution in [0.2, 0.25) is 0 Å². The minimum absolute atomic E-state index is 0.0884. The molecule has 1 heterocycles. The first-order valence-corrected chi connectivity index (χ1v) is 10.4. The van der Waals surface area contributed by atoms with Crippen LogP contribution in [0.3, 0.4) is 0 Å². The maximum Gasteiger partial charge on any atom is 0.254 e. The molecule has 2 rings (SSSR count). The molecule has 2 N–H and O–H groups in total. The fourth-order valence-corrected chi connectivity index (χ4v) is 2.87. The van der Waals surface area contributed by atoms with Gasteiger partial charge < -0.3 is 10.3 Å². The van der Waals surface area contributed by atoms with Gasteiger partial charge in [0.2, 0.25) is 0 Å². The number of aliphatic imine (C=N–C) groups is 1. The highest BCUT2D eigenvalue weighted by molar-refractivity contribution is 5.61. The predicted octanol–water partition coefficient (Wildman–Crippen LogP) is 4.50. The third-order valence-corrected chi connectivity index (χ3v) is 4.94. The molecule has 0 aliphatic carbocycles. The number of pyridine rings is 1. The molecule has 6 heteroatoms. The maximum absolute atomic E-state index is 14.4. The molecule has 0 radical (unpaired) electrons. The van der Waals surface area contributed by atoms with Crippen molar-refractivity contribution in [3.8, 4) is 23.7 Å². The Balaban J connectivity index is 2.19. The van der Waals surface area contributed by atoms with E-state index >= 15 is 0 Å². The summed E-state index contributed by atoms with van der Waals surface area (Å²) in [5, 5.41) is 0. The van der Waals surface area contributed by atoms with Gasteiger partial charge in [-0.25, -0.2) is 13.8 Å². The Hall–Kier alpha value is -3.64. The number of rotatable bonds is 7. The van der Waals surface area contributed by atoms with E-state index in [1.165, 1.54) is 4.57 Å². The van der Waals surface area contributed by atoms with E-state index in [9.17, 15) is 13.6 Å². The van der Waals surface area contributed by atoms with Crippen molar-refractivity contribution >= 4 is 6.21 Å². The number of aryl methyl sites for hydroxylation is 1. The second-order valence-corrected chi connectivity index (χ2v) is 7.40. The van der Waals surface area contributed by atoms with Crippen molar-refractivity contribution in [3.63, 3.8) is 0 Å². The van der Waals surface area contributed by atoms with Gasteiger partial charge in [-0.2, -0.15) is 0 Å². The lowest BCUT2D eigenvalue weighted by Gasteiger charge is -2.16. The Morgan fingerprint density at radius 2 is 1.97 bits per heavy atom. The van der Waals surface area contributed by atoms with E-state index in [2.05, 4.69) is 42.5 Å². The van der Waals surface area contributed by atoms with Crippen LogP contribution in [0.5, 0.6) is 0 Å². The van der Waals surface area contributed by atoms with E-state index in [1.807, 2.05) is 0 Å². The van der Waals surface area contributed by atoms with E-state index in [0.29, 0.717) is 23.7 Å². The van der Waals surface area contributed by atoms with Gasteiger partial charge in [-0.15, -0.1) is 0 Å². The summed E-state index contributed by atoms with van der Waals surface area (Å²) < 4.78 is 29.6. The van der Waals surface area contributed by atoms with Crippen molar-refractivity contribution in [1.82, 2.24) is 4.57 Å². The highest BCUT2D eigenvalue weighted by Crippen LogP contribution is 2.28. The number of hydrogen-bond donors (Lipinski definition) is 1. The molecule has 0 bridgehead atoms. The summed E-state index contributed by atoms with van der Waals surface area (Å²) in [7, 11) is 1.61. The first-order valence-electron chi connectivity index (χ1n) is 10.4. The Morgan fingerprint density at radius 3 is 2.72 bits per heavy atom. The van der Waals surface area contributed by atoms with E-state index in [-0.39, 0.29) is 17.5 Å². The number of nitrogens with two attached hydrogens (primary N) is 1. The van der Waals surface area contributed by atoms with Crippen LogP contribution in [-0.4, -0.2) is 10.8 Å². The van der Waals surface area contributed by atoms with Gasteiger partial charge in [0.05, 0.1) is 0 Å². The Bertz CT molecular complexity index is 1170. The minimum Gasteiger partial charge on any atom is -0.384 e. The summed E-state index contributed by atoms with van der Waals surface area (Å²) >= 11 is 0. The minimum atomic E-state index is -0.717. The summed E-state index contributed by atoms with van der Waals surface area (Å²) in [5.41, 5.74) is 5.95. The van der Waals surface area contributed by atoms with E-state index in [4.69, 9.17) is 5.73 Å². The zero-order valence-corrected chi connectivity index (χ0v) is 18.5. The molecule has 2 atom stereocenters. The predicted molar refractivity (Wildman–Crippen MR) is 125 cm³/mol. The second kappa shape index (κ2) is 12.3. The van der Waals surface area contributed by atoms with Crippen molar-refractivity contribution in [3.05, 3.63) is 81.5 Å². The van der Waals surface area contributed by atoms with Crippen LogP contribution < -0.4 is 11.3 Å². The molecule has 0 aliphatic heterocycles. The van der Waals surface area contributed by atoms with Crippen LogP contribution in [0.1, 0.15) is 50.2 Å². The number of benzene rings is 1. The molecule has 32 heavy (non-hydrogen) atoms. The average molecular weight is 436 g/mol. The van der Waals surface area contributed by atoms with Gasteiger partial charge in [0.25, 0.3) is 5.56 Å². The van der Waals surface area contributed by atoms with Gasteiger partial charge in [0, 0.05) is 43.8 Å². The van der Waals surface area contributed by atoms with E-state index in [1.54, 1.807) is 37.7 Å². The number of allylic oxidation sites excluding steroid dienone is 1. The van der Waals surface area contributed by atoms with Crippen LogP contribution in [0.4, 0.5) is 8.78 Å². The van der Waals surface area contributed by atoms with Crippen molar-refractivity contribution < 1.29 is 8.78 Å². The average Bonchev–Trinajstić information content (AvgIpc) is 2.78. The molecule has 1 aromatic carbocycles. The van der Waals surface area contributed by atoms with Crippen molar-refractivity contribution in [1.29, 1.82) is 0 Å². The van der Waals surface area contributed by atoms with Gasteiger partial charge in [-0.3, -0.25) is 4.79 Å². The fraction of sp³-hybridized carbons (Fsp3) is 0.308. The summed E-state index contributed by atoms with van der Waals surface area (Å²) in [5.74, 6) is 10.0. The van der Waals surface area contributed by atoms with Crippen LogP contribution >= 0.6 is 0 Å². The number of nitrogens with zero attached hydrogens (tertiary/aromatic N) is 2. The van der Waals surface area contributed by atoms with Gasteiger partial charge >= 0.3 is 0 Å². The molecule has 0 amide bonds. The topological polar surface area (TPSA) is 60.4 Å². The lowest BCUT2D eigenvalue weighted by molar-refractivity contribution is 0.574. The van der Waals surface area contributed by atoms with Crippen LogP contribution in [-0.2, 0) is 7.05 Å². The lowest BCUT2D eigenvalue weighted by Crippen LogP contribution is -2.23. The summed E-state index contributed by atoms with van der Waals surface area (Å²) in [6, 6.07) is 6.50. The highest BCUT2D eigenvalue weighted by Gasteiger charge is 2.21. The molecular formula is C26H27F2N3O. The first-order chi connectivity index (χ1) is 15.3. The molecule has 166 valence electrons. The van der Waals surface area contributed by atoms with Crippen molar-refractivity contribution in [2.45, 2.75) is 39.0 Å². The number of aromatic nitrogens is 1. The second-order valence-electron chi connectivity index (χ2n) is 7.40. The van der Waals surface area contributed by atoms with Gasteiger partial charge in [-0.05, 0) is 60.1 Å². The third kappa shape index (κ3) is 7.25. The molecule has 0 spiro atoms. The molecular weight excluding hydrogens is 408 g/mol. The molecule has 4 nitrogen and oxygen atoms in total. The summed E-state index contributed by atoms with van der Waals surface area (Å²) in [6.45, 7) is 4.13. The van der Waals surface area contributed by atoms with E-state index < -0.39 is 17.6 Å². The molecule has 1 aromatic heterocycles. The molecule has 0 saturated heterocycles. The Kier molecular flexibility index (Phi) is 9.44. The normalized spacial score (nSPS) is 13.1. The van der Waals surface area contributed by atoms with Gasteiger partial charge in [0.1, 0.15) is 17.5 Å². The van der Waals surface area contributed by atoms with Gasteiger partial charge in [-0.1, -0.05) is 31.8 Å². The Morgan fingerprint density at radius 1 is 1.22 bits per heavy atom. The van der Waals surface area contributed by atoms with Gasteiger partial charge in [0.15, 0.2) is 0 Å². The number of halogens is 2. The first kappa shape index (κ1) is 24.6. The molecule has 0 saturated carbocycles. The fourth-order valence-electron chi connectivity index (χ4n) is 2.87. The quantitative estimate of drug-likeness (QED) is 0.514. The molecule has 0 fully saturated rings. The molecule has 2 unspecified atom stereocenters. The smallest absolute Gasteiger partial charge is 0.254 e. The maximum atomic E-state index is 14.4. The lowest BCUT2D eigenvalue weighted by atomic mass is 9.89. The monoisotopic (exact) mass is 435 g/mol. The van der Waals surface area contributed by atoms with Crippen molar-refractivity contribution in [2.24, 2.45) is 23.7 Å². The third-order valence-electron chi connectivity index (χ3n) is 4.94. The van der Waals surface area contributed by atoms with Crippen molar-refractivity contribution in [2.75, 3.05) is 0 Å². The highest BCUT2D eigenvalue weighted by atomic mass is 19.1. The summed E-state index contributed by atoms with van der Waals surface area (Å²) in [4.78, 5) is 16.7. The number of hydrogen-bond acceptors (Lipinski definition) is 3. The zero-order chi connectivity index (χ0) is 23.5. The van der Waals surface area contributed by atoms with E-state index in [0.717, 1.165) is 24.6 Å².